The fourth-order valence-electron chi connectivity index (χ4n) is 3.30. The van der Waals surface area contributed by atoms with E-state index in [4.69, 9.17) is 9.47 Å². The van der Waals surface area contributed by atoms with Gasteiger partial charge < -0.3 is 14.8 Å². The standard InChI is InChI=1S/C21H26N2O3/c1-21(2,16-9-10-18(25-3)19(13-16)26-4)14-22-20(24)23-12-11-15-7-5-6-8-17(15)23/h5-10,13H,11-12,14H2,1-4H3,(H,22,24). The summed E-state index contributed by atoms with van der Waals surface area (Å²) in [5.41, 5.74) is 3.07. The van der Waals surface area contributed by atoms with E-state index in [1.165, 1.54) is 5.56 Å². The van der Waals surface area contributed by atoms with Crippen LogP contribution in [0.5, 0.6) is 11.5 Å². The quantitative estimate of drug-likeness (QED) is 0.890. The van der Waals surface area contributed by atoms with E-state index in [1.807, 2.05) is 41.3 Å². The monoisotopic (exact) mass is 354 g/mol. The van der Waals surface area contributed by atoms with Gasteiger partial charge in [0.15, 0.2) is 11.5 Å². The van der Waals surface area contributed by atoms with Crippen LogP contribution >= 0.6 is 0 Å². The first kappa shape index (κ1) is 18.1. The number of carbonyl (C=O) groups is 1. The summed E-state index contributed by atoms with van der Waals surface area (Å²) >= 11 is 0. The molecule has 26 heavy (non-hydrogen) atoms. The van der Waals surface area contributed by atoms with Crippen LogP contribution < -0.4 is 19.7 Å². The van der Waals surface area contributed by atoms with Gasteiger partial charge in [0, 0.05) is 24.2 Å². The zero-order valence-electron chi connectivity index (χ0n) is 15.8. The van der Waals surface area contributed by atoms with Gasteiger partial charge in [-0.15, -0.1) is 0 Å². The first-order valence-electron chi connectivity index (χ1n) is 8.82. The second-order valence-corrected chi connectivity index (χ2v) is 7.14. The number of para-hydroxylation sites is 1. The Kier molecular flexibility index (Phi) is 5.07. The van der Waals surface area contributed by atoms with Crippen molar-refractivity contribution in [2.75, 3.05) is 32.2 Å². The van der Waals surface area contributed by atoms with Gasteiger partial charge in [-0.05, 0) is 35.7 Å². The summed E-state index contributed by atoms with van der Waals surface area (Å²) in [6, 6.07) is 13.9. The van der Waals surface area contributed by atoms with Crippen molar-refractivity contribution in [2.24, 2.45) is 0 Å². The number of hydrogen-bond donors (Lipinski definition) is 1. The molecule has 2 aromatic rings. The highest BCUT2D eigenvalue weighted by molar-refractivity contribution is 5.94. The van der Waals surface area contributed by atoms with E-state index in [0.29, 0.717) is 18.0 Å². The van der Waals surface area contributed by atoms with Crippen molar-refractivity contribution >= 4 is 11.7 Å². The summed E-state index contributed by atoms with van der Waals surface area (Å²) in [6.07, 6.45) is 0.905. The maximum atomic E-state index is 12.7. The first-order chi connectivity index (χ1) is 12.5. The van der Waals surface area contributed by atoms with Gasteiger partial charge in [-0.25, -0.2) is 4.79 Å². The molecule has 2 aromatic carbocycles. The van der Waals surface area contributed by atoms with E-state index in [1.54, 1.807) is 14.2 Å². The lowest BCUT2D eigenvalue weighted by Crippen LogP contribution is -2.44. The molecular formula is C21H26N2O3. The number of ether oxygens (including phenoxy) is 2. The zero-order chi connectivity index (χ0) is 18.7. The molecule has 0 saturated heterocycles. The number of urea groups is 1. The summed E-state index contributed by atoms with van der Waals surface area (Å²) in [4.78, 5) is 14.5. The number of nitrogens with one attached hydrogen (secondary N) is 1. The van der Waals surface area contributed by atoms with Crippen LogP contribution in [0.3, 0.4) is 0 Å². The second-order valence-electron chi connectivity index (χ2n) is 7.14. The topological polar surface area (TPSA) is 50.8 Å². The van der Waals surface area contributed by atoms with Crippen LogP contribution in [0.2, 0.25) is 0 Å². The second kappa shape index (κ2) is 7.28. The number of anilines is 1. The Hall–Kier alpha value is -2.69. The van der Waals surface area contributed by atoms with Crippen LogP contribution in [0.25, 0.3) is 0 Å². The molecule has 3 rings (SSSR count). The van der Waals surface area contributed by atoms with E-state index < -0.39 is 0 Å². The Labute approximate surface area is 154 Å². The van der Waals surface area contributed by atoms with Crippen molar-refractivity contribution < 1.29 is 14.3 Å². The van der Waals surface area contributed by atoms with Gasteiger partial charge in [0.25, 0.3) is 0 Å². The molecule has 0 saturated carbocycles. The third-order valence-electron chi connectivity index (χ3n) is 4.98. The van der Waals surface area contributed by atoms with Crippen LogP contribution in [0.1, 0.15) is 25.0 Å². The van der Waals surface area contributed by atoms with Gasteiger partial charge in [0.2, 0.25) is 0 Å². The predicted octanol–water partition coefficient (Wildman–Crippen LogP) is 3.75. The molecule has 2 amide bonds. The van der Waals surface area contributed by atoms with Gasteiger partial charge in [-0.1, -0.05) is 38.1 Å². The van der Waals surface area contributed by atoms with Gasteiger partial charge in [-0.2, -0.15) is 0 Å². The van der Waals surface area contributed by atoms with Crippen molar-refractivity contribution in [3.63, 3.8) is 0 Å². The number of amides is 2. The highest BCUT2D eigenvalue weighted by Crippen LogP contribution is 2.33. The fourth-order valence-corrected chi connectivity index (χ4v) is 3.30. The summed E-state index contributed by atoms with van der Waals surface area (Å²) in [5, 5.41) is 3.09. The van der Waals surface area contributed by atoms with E-state index >= 15 is 0 Å². The van der Waals surface area contributed by atoms with Gasteiger partial charge in [0.1, 0.15) is 0 Å². The summed E-state index contributed by atoms with van der Waals surface area (Å²) in [5.74, 6) is 1.39. The molecule has 0 spiro atoms. The Morgan fingerprint density at radius 1 is 1.12 bits per heavy atom. The predicted molar refractivity (Wildman–Crippen MR) is 103 cm³/mol. The maximum absolute atomic E-state index is 12.7. The molecule has 5 heteroatoms. The number of rotatable bonds is 5. The summed E-state index contributed by atoms with van der Waals surface area (Å²) in [6.45, 7) is 5.46. The van der Waals surface area contributed by atoms with E-state index in [-0.39, 0.29) is 11.4 Å². The Bertz CT molecular complexity index is 802. The van der Waals surface area contributed by atoms with Gasteiger partial charge >= 0.3 is 6.03 Å². The number of methoxy groups -OCH3 is 2. The van der Waals surface area contributed by atoms with Crippen molar-refractivity contribution in [3.05, 3.63) is 53.6 Å². The Balaban J connectivity index is 1.70. The minimum atomic E-state index is -0.242. The molecule has 0 bridgehead atoms. The van der Waals surface area contributed by atoms with Gasteiger partial charge in [-0.3, -0.25) is 4.90 Å². The molecule has 0 atom stereocenters. The molecule has 1 aliphatic heterocycles. The number of hydrogen-bond acceptors (Lipinski definition) is 3. The van der Waals surface area contributed by atoms with E-state index in [2.05, 4.69) is 25.2 Å². The highest BCUT2D eigenvalue weighted by atomic mass is 16.5. The molecule has 0 unspecified atom stereocenters. The molecule has 138 valence electrons. The third kappa shape index (κ3) is 3.47. The average molecular weight is 354 g/mol. The van der Waals surface area contributed by atoms with Crippen LogP contribution in [0.15, 0.2) is 42.5 Å². The minimum absolute atomic E-state index is 0.0523. The Morgan fingerprint density at radius 3 is 2.58 bits per heavy atom. The van der Waals surface area contributed by atoms with E-state index in [0.717, 1.165) is 24.2 Å². The van der Waals surface area contributed by atoms with E-state index in [9.17, 15) is 4.79 Å². The molecule has 0 radical (unpaired) electrons. The molecule has 0 aromatic heterocycles. The van der Waals surface area contributed by atoms with Crippen LogP contribution in [0, 0.1) is 0 Å². The summed E-state index contributed by atoms with van der Waals surface area (Å²) in [7, 11) is 3.25. The largest absolute Gasteiger partial charge is 0.493 e. The number of carbonyl (C=O) groups excluding carboxylic acids is 1. The van der Waals surface area contributed by atoms with Gasteiger partial charge in [0.05, 0.1) is 14.2 Å². The lowest BCUT2D eigenvalue weighted by molar-refractivity contribution is 0.244. The first-order valence-corrected chi connectivity index (χ1v) is 8.82. The zero-order valence-corrected chi connectivity index (χ0v) is 15.8. The SMILES string of the molecule is COc1ccc(C(C)(C)CNC(=O)N2CCc3ccccc32)cc1OC. The molecule has 0 fully saturated rings. The molecule has 0 aliphatic carbocycles. The highest BCUT2D eigenvalue weighted by Gasteiger charge is 2.27. The number of fused-ring (bicyclic) bond motifs is 1. The van der Waals surface area contributed by atoms with Crippen LogP contribution in [-0.2, 0) is 11.8 Å². The molecule has 1 heterocycles. The maximum Gasteiger partial charge on any atom is 0.321 e. The molecular weight excluding hydrogens is 328 g/mol. The van der Waals surface area contributed by atoms with Crippen molar-refractivity contribution in [1.29, 1.82) is 0 Å². The smallest absolute Gasteiger partial charge is 0.321 e. The molecule has 5 nitrogen and oxygen atoms in total. The van der Waals surface area contributed by atoms with Crippen LogP contribution in [-0.4, -0.2) is 33.3 Å². The number of nitrogens with zero attached hydrogens (tertiary/aromatic N) is 1. The normalized spacial score (nSPS) is 13.3. The van der Waals surface area contributed by atoms with Crippen molar-refractivity contribution in [3.8, 4) is 11.5 Å². The number of benzene rings is 2. The lowest BCUT2D eigenvalue weighted by atomic mass is 9.84. The van der Waals surface area contributed by atoms with Crippen molar-refractivity contribution in [2.45, 2.75) is 25.7 Å². The lowest BCUT2D eigenvalue weighted by Gasteiger charge is -2.28. The molecule has 1 N–H and O–H groups in total. The Morgan fingerprint density at radius 2 is 1.85 bits per heavy atom. The summed E-state index contributed by atoms with van der Waals surface area (Å²) < 4.78 is 10.7. The third-order valence-corrected chi connectivity index (χ3v) is 4.98. The van der Waals surface area contributed by atoms with Crippen molar-refractivity contribution in [1.82, 2.24) is 5.32 Å². The minimum Gasteiger partial charge on any atom is -0.493 e. The van der Waals surface area contributed by atoms with Crippen LogP contribution in [0.4, 0.5) is 10.5 Å². The average Bonchev–Trinajstić information content (AvgIpc) is 3.09. The molecule has 1 aliphatic rings. The fraction of sp³-hybridized carbons (Fsp3) is 0.381.